The molecular formula is C23H30N4O4. The van der Waals surface area contributed by atoms with Gasteiger partial charge in [0.15, 0.2) is 0 Å². The molecule has 166 valence electrons. The predicted molar refractivity (Wildman–Crippen MR) is 116 cm³/mol. The van der Waals surface area contributed by atoms with E-state index in [1.165, 1.54) is 0 Å². The summed E-state index contributed by atoms with van der Waals surface area (Å²) in [5, 5.41) is 9.57. The second kappa shape index (κ2) is 10.7. The molecule has 3 rings (SSSR count). The number of ether oxygens (including phenoxy) is 2. The second-order valence-corrected chi connectivity index (χ2v) is 7.67. The highest BCUT2D eigenvalue weighted by molar-refractivity contribution is 5.97. The molecule has 1 amide bonds. The first-order chi connectivity index (χ1) is 15.1. The number of hydrogen-bond acceptors (Lipinski definition) is 7. The first-order valence-electron chi connectivity index (χ1n) is 10.8. The molecule has 31 heavy (non-hydrogen) atoms. The third-order valence-electron chi connectivity index (χ3n) is 5.80. The van der Waals surface area contributed by atoms with Gasteiger partial charge in [-0.1, -0.05) is 12.1 Å². The van der Waals surface area contributed by atoms with Gasteiger partial charge in [0.25, 0.3) is 5.91 Å². The Bertz CT molecular complexity index is 847. The fourth-order valence-corrected chi connectivity index (χ4v) is 4.05. The summed E-state index contributed by atoms with van der Waals surface area (Å²) in [6.07, 6.45) is 2.82. The molecule has 2 saturated heterocycles. The molecule has 0 N–H and O–H groups in total. The lowest BCUT2D eigenvalue weighted by Gasteiger charge is -2.36. The molecule has 2 heterocycles. The van der Waals surface area contributed by atoms with E-state index < -0.39 is 0 Å². The molecule has 8 nitrogen and oxygen atoms in total. The van der Waals surface area contributed by atoms with E-state index in [2.05, 4.69) is 11.0 Å². The number of piperazine rings is 1. The minimum absolute atomic E-state index is 0.139. The lowest BCUT2D eigenvalue weighted by Crippen LogP contribution is -2.45. The van der Waals surface area contributed by atoms with Crippen LogP contribution in [0.3, 0.4) is 0 Å². The number of likely N-dealkylation sites (tertiary alicyclic amines) is 1. The van der Waals surface area contributed by atoms with Crippen LogP contribution >= 0.6 is 0 Å². The molecule has 1 aromatic carbocycles. The van der Waals surface area contributed by atoms with E-state index in [0.29, 0.717) is 45.6 Å². The zero-order valence-electron chi connectivity index (χ0n) is 18.2. The van der Waals surface area contributed by atoms with Gasteiger partial charge in [-0.05, 0) is 31.9 Å². The van der Waals surface area contributed by atoms with Crippen LogP contribution in [0.25, 0.3) is 0 Å². The quantitative estimate of drug-likeness (QED) is 0.391. The number of nitriles is 1. The van der Waals surface area contributed by atoms with Crippen molar-refractivity contribution in [2.45, 2.75) is 19.8 Å². The highest BCUT2D eigenvalue weighted by atomic mass is 16.5. The number of carbonyl (C=O) groups is 2. The van der Waals surface area contributed by atoms with Gasteiger partial charge in [0, 0.05) is 45.5 Å². The summed E-state index contributed by atoms with van der Waals surface area (Å²) in [6.45, 7) is 6.04. The number of benzene rings is 1. The number of nitrogens with zero attached hydrogens (tertiary/aromatic N) is 4. The van der Waals surface area contributed by atoms with Gasteiger partial charge in [-0.25, -0.2) is 0 Å². The van der Waals surface area contributed by atoms with Gasteiger partial charge >= 0.3 is 5.97 Å². The topological polar surface area (TPSA) is 86.1 Å². The lowest BCUT2D eigenvalue weighted by molar-refractivity contribution is -0.150. The summed E-state index contributed by atoms with van der Waals surface area (Å²) in [6, 6.07) is 9.98. The third-order valence-corrected chi connectivity index (χ3v) is 5.80. The van der Waals surface area contributed by atoms with Gasteiger partial charge in [0.05, 0.1) is 25.3 Å². The van der Waals surface area contributed by atoms with Crippen molar-refractivity contribution in [1.82, 2.24) is 9.80 Å². The number of carbonyl (C=O) groups excluding carboxylic acids is 2. The highest BCUT2D eigenvalue weighted by Gasteiger charge is 2.30. The van der Waals surface area contributed by atoms with Gasteiger partial charge in [0.2, 0.25) is 0 Å². The number of esters is 1. The van der Waals surface area contributed by atoms with Crippen molar-refractivity contribution in [2.24, 2.45) is 5.92 Å². The van der Waals surface area contributed by atoms with E-state index in [-0.39, 0.29) is 23.4 Å². The standard InChI is InChI=1S/C23H30N4O4/c1-3-31-23(29)18-8-10-27(11-9-18)22(28)19(16-24)17-25-12-14-26(15-13-25)20-6-4-5-7-21(20)30-2/h4-7,17-18H,3,8-15H2,1-2H3/b19-17-. The summed E-state index contributed by atoms with van der Waals surface area (Å²) in [4.78, 5) is 30.7. The lowest BCUT2D eigenvalue weighted by atomic mass is 9.96. The van der Waals surface area contributed by atoms with Crippen LogP contribution in [0.15, 0.2) is 36.0 Å². The highest BCUT2D eigenvalue weighted by Crippen LogP contribution is 2.28. The number of rotatable bonds is 6. The van der Waals surface area contributed by atoms with Crippen molar-refractivity contribution in [3.63, 3.8) is 0 Å². The van der Waals surface area contributed by atoms with Crippen LogP contribution in [0.1, 0.15) is 19.8 Å². The first-order valence-corrected chi connectivity index (χ1v) is 10.8. The van der Waals surface area contributed by atoms with Crippen LogP contribution in [0, 0.1) is 17.2 Å². The Hall–Kier alpha value is -3.21. The molecule has 8 heteroatoms. The molecule has 0 aliphatic carbocycles. The van der Waals surface area contributed by atoms with Crippen LogP contribution < -0.4 is 9.64 Å². The molecule has 0 atom stereocenters. The van der Waals surface area contributed by atoms with Gasteiger partial charge in [-0.15, -0.1) is 0 Å². The van der Waals surface area contributed by atoms with Gasteiger partial charge < -0.3 is 24.2 Å². The van der Waals surface area contributed by atoms with Crippen molar-refractivity contribution in [3.8, 4) is 11.8 Å². The molecular weight excluding hydrogens is 396 g/mol. The number of para-hydroxylation sites is 2. The molecule has 0 radical (unpaired) electrons. The summed E-state index contributed by atoms with van der Waals surface area (Å²) < 4.78 is 10.5. The SMILES string of the molecule is CCOC(=O)C1CCN(C(=O)/C(C#N)=C\N2CCN(c3ccccc3OC)CC2)CC1. The number of anilines is 1. The Labute approximate surface area is 183 Å². The molecule has 2 aliphatic heterocycles. The van der Waals surface area contributed by atoms with Crippen molar-refractivity contribution in [1.29, 1.82) is 5.26 Å². The monoisotopic (exact) mass is 426 g/mol. The van der Waals surface area contributed by atoms with E-state index in [1.54, 1.807) is 25.1 Å². The maximum atomic E-state index is 12.8. The molecule has 0 spiro atoms. The third kappa shape index (κ3) is 5.48. The van der Waals surface area contributed by atoms with Crippen molar-refractivity contribution >= 4 is 17.6 Å². The minimum Gasteiger partial charge on any atom is -0.495 e. The number of methoxy groups -OCH3 is 1. The number of hydrogen-bond donors (Lipinski definition) is 0. The predicted octanol–water partition coefficient (Wildman–Crippen LogP) is 2.03. The van der Waals surface area contributed by atoms with Crippen LogP contribution in [-0.4, -0.2) is 74.7 Å². The minimum atomic E-state index is -0.267. The molecule has 0 bridgehead atoms. The molecule has 2 aliphatic rings. The molecule has 2 fully saturated rings. The molecule has 0 aromatic heterocycles. The largest absolute Gasteiger partial charge is 0.495 e. The van der Waals surface area contributed by atoms with E-state index in [4.69, 9.17) is 9.47 Å². The Morgan fingerprint density at radius 1 is 1.13 bits per heavy atom. The summed E-state index contributed by atoms with van der Waals surface area (Å²) in [5.41, 5.74) is 1.19. The van der Waals surface area contributed by atoms with E-state index >= 15 is 0 Å². The average molecular weight is 427 g/mol. The van der Waals surface area contributed by atoms with Crippen LogP contribution in [0.4, 0.5) is 5.69 Å². The molecule has 0 unspecified atom stereocenters. The smallest absolute Gasteiger partial charge is 0.309 e. The van der Waals surface area contributed by atoms with Gasteiger partial charge in [-0.3, -0.25) is 9.59 Å². The second-order valence-electron chi connectivity index (χ2n) is 7.67. The summed E-state index contributed by atoms with van der Waals surface area (Å²) in [7, 11) is 1.66. The van der Waals surface area contributed by atoms with Crippen molar-refractivity contribution < 1.29 is 19.1 Å². The van der Waals surface area contributed by atoms with E-state index in [9.17, 15) is 14.9 Å². The normalized spacial score (nSPS) is 17.8. The van der Waals surface area contributed by atoms with E-state index in [1.807, 2.05) is 29.2 Å². The Balaban J connectivity index is 1.56. The maximum Gasteiger partial charge on any atom is 0.309 e. The zero-order chi connectivity index (χ0) is 22.2. The fourth-order valence-electron chi connectivity index (χ4n) is 4.05. The Morgan fingerprint density at radius 3 is 2.42 bits per heavy atom. The first kappa shape index (κ1) is 22.5. The summed E-state index contributed by atoms with van der Waals surface area (Å²) in [5.74, 6) is 0.211. The van der Waals surface area contributed by atoms with Crippen molar-refractivity contribution in [3.05, 3.63) is 36.0 Å². The van der Waals surface area contributed by atoms with Crippen LogP contribution in [0.5, 0.6) is 5.75 Å². The summed E-state index contributed by atoms with van der Waals surface area (Å²) >= 11 is 0. The van der Waals surface area contributed by atoms with Crippen molar-refractivity contribution in [2.75, 3.05) is 57.9 Å². The Kier molecular flexibility index (Phi) is 7.76. The molecule has 1 aromatic rings. The van der Waals surface area contributed by atoms with Crippen LogP contribution in [0.2, 0.25) is 0 Å². The zero-order valence-corrected chi connectivity index (χ0v) is 18.2. The average Bonchev–Trinajstić information content (AvgIpc) is 2.82. The fraction of sp³-hybridized carbons (Fsp3) is 0.522. The van der Waals surface area contributed by atoms with Gasteiger partial charge in [-0.2, -0.15) is 5.26 Å². The van der Waals surface area contributed by atoms with E-state index in [0.717, 1.165) is 24.5 Å². The maximum absolute atomic E-state index is 12.8. The Morgan fingerprint density at radius 2 is 1.81 bits per heavy atom. The van der Waals surface area contributed by atoms with Crippen LogP contribution in [-0.2, 0) is 14.3 Å². The molecule has 0 saturated carbocycles. The number of piperidine rings is 1. The number of amides is 1. The van der Waals surface area contributed by atoms with Gasteiger partial charge in [0.1, 0.15) is 17.4 Å².